The molecule has 206 valence electrons. The lowest BCUT2D eigenvalue weighted by molar-refractivity contribution is -0.172. The number of amides is 2. The summed E-state index contributed by atoms with van der Waals surface area (Å²) in [5.74, 6) is 0.338. The van der Waals surface area contributed by atoms with Crippen LogP contribution in [0.25, 0.3) is 0 Å². The van der Waals surface area contributed by atoms with Crippen LogP contribution in [0.5, 0.6) is 0 Å². The van der Waals surface area contributed by atoms with Crippen LogP contribution < -0.4 is 0 Å². The summed E-state index contributed by atoms with van der Waals surface area (Å²) in [6.45, 7) is 9.28. The predicted octanol–water partition coefficient (Wildman–Crippen LogP) is 5.14. The SMILES string of the molecule is CCCCN(OS(=O)(=O)ON1C(=O)N2C[C@@H]1CC[C@H]2c1nnco1)C(CCC)(CCCC)CCCC. The molecule has 3 heterocycles. The molecular formula is C24H43N5O6S. The first-order valence-electron chi connectivity index (χ1n) is 13.6. The molecule has 0 unspecified atom stereocenters. The Balaban J connectivity index is 1.79. The molecule has 1 aromatic rings. The maximum atomic E-state index is 13.3. The quantitative estimate of drug-likeness (QED) is 0.253. The Bertz CT molecular complexity index is 904. The average molecular weight is 530 g/mol. The van der Waals surface area contributed by atoms with Gasteiger partial charge in [-0.15, -0.1) is 14.5 Å². The van der Waals surface area contributed by atoms with Gasteiger partial charge in [0, 0.05) is 18.6 Å². The molecule has 2 aliphatic rings. The molecule has 2 amide bonds. The van der Waals surface area contributed by atoms with Crippen molar-refractivity contribution < 1.29 is 26.2 Å². The minimum atomic E-state index is -4.54. The van der Waals surface area contributed by atoms with Gasteiger partial charge in [0.05, 0.1) is 6.04 Å². The third kappa shape index (κ3) is 6.76. The summed E-state index contributed by atoms with van der Waals surface area (Å²) in [4.78, 5) is 14.6. The Morgan fingerprint density at radius 1 is 1.06 bits per heavy atom. The van der Waals surface area contributed by atoms with Crippen molar-refractivity contribution in [3.05, 3.63) is 12.3 Å². The highest BCUT2D eigenvalue weighted by molar-refractivity contribution is 7.81. The summed E-state index contributed by atoms with van der Waals surface area (Å²) in [5.41, 5.74) is -0.399. The van der Waals surface area contributed by atoms with Crippen molar-refractivity contribution in [1.82, 2.24) is 25.2 Å². The maximum absolute atomic E-state index is 13.3. The van der Waals surface area contributed by atoms with Gasteiger partial charge in [-0.2, -0.15) is 22.8 Å². The number of carbonyl (C=O) groups is 1. The molecule has 0 aromatic carbocycles. The lowest BCUT2D eigenvalue weighted by atomic mass is 9.82. The molecule has 3 rings (SSSR count). The van der Waals surface area contributed by atoms with Crippen molar-refractivity contribution in [3.8, 4) is 0 Å². The van der Waals surface area contributed by atoms with Crippen LogP contribution in [0, 0.1) is 0 Å². The normalized spacial score (nSPS) is 20.6. The van der Waals surface area contributed by atoms with Crippen LogP contribution in [-0.2, 0) is 19.0 Å². The van der Waals surface area contributed by atoms with Crippen molar-refractivity contribution in [3.63, 3.8) is 0 Å². The van der Waals surface area contributed by atoms with Crippen molar-refractivity contribution in [2.24, 2.45) is 0 Å². The van der Waals surface area contributed by atoms with Gasteiger partial charge >= 0.3 is 16.4 Å². The number of hydrogen-bond donors (Lipinski definition) is 0. The lowest BCUT2D eigenvalue weighted by Crippen LogP contribution is -2.51. The zero-order valence-corrected chi connectivity index (χ0v) is 23.0. The van der Waals surface area contributed by atoms with Crippen LogP contribution in [0.15, 0.2) is 10.8 Å². The van der Waals surface area contributed by atoms with Crippen LogP contribution in [0.2, 0.25) is 0 Å². The lowest BCUT2D eigenvalue weighted by Gasteiger charge is -2.43. The Morgan fingerprint density at radius 3 is 2.33 bits per heavy atom. The van der Waals surface area contributed by atoms with E-state index in [4.69, 9.17) is 13.0 Å². The van der Waals surface area contributed by atoms with Gasteiger partial charge < -0.3 is 9.32 Å². The Hall–Kier alpha value is -1.76. The molecule has 0 aliphatic carbocycles. The highest BCUT2D eigenvalue weighted by atomic mass is 32.3. The molecular weight excluding hydrogens is 486 g/mol. The van der Waals surface area contributed by atoms with Gasteiger partial charge in [-0.1, -0.05) is 66.2 Å². The number of hydrogen-bond acceptors (Lipinski definition) is 9. The summed E-state index contributed by atoms with van der Waals surface area (Å²) in [6.07, 6.45) is 11.5. The molecule has 0 radical (unpaired) electrons. The first-order valence-corrected chi connectivity index (χ1v) is 14.9. The van der Waals surface area contributed by atoms with Crippen LogP contribution >= 0.6 is 0 Å². The van der Waals surface area contributed by atoms with Crippen molar-refractivity contribution >= 4 is 16.4 Å². The fourth-order valence-electron chi connectivity index (χ4n) is 5.42. The van der Waals surface area contributed by atoms with E-state index in [0.29, 0.717) is 31.8 Å². The van der Waals surface area contributed by atoms with Gasteiger partial charge in [-0.3, -0.25) is 0 Å². The number of carbonyl (C=O) groups excluding carboxylic acids is 1. The minimum absolute atomic E-state index is 0.327. The average Bonchev–Trinajstić information content (AvgIpc) is 3.48. The first-order chi connectivity index (χ1) is 17.3. The smallest absolute Gasteiger partial charge is 0.426 e. The van der Waals surface area contributed by atoms with Crippen molar-refractivity contribution in [2.75, 3.05) is 13.1 Å². The van der Waals surface area contributed by atoms with Crippen LogP contribution in [0.3, 0.4) is 0 Å². The molecule has 0 spiro atoms. The number of rotatable bonds is 17. The van der Waals surface area contributed by atoms with E-state index in [1.54, 1.807) is 5.06 Å². The highest BCUT2D eigenvalue weighted by Gasteiger charge is 2.50. The van der Waals surface area contributed by atoms with E-state index in [-0.39, 0.29) is 6.04 Å². The second kappa shape index (κ2) is 13.2. The van der Waals surface area contributed by atoms with Gasteiger partial charge in [0.2, 0.25) is 12.3 Å². The van der Waals surface area contributed by atoms with Crippen LogP contribution in [0.4, 0.5) is 4.79 Å². The first kappa shape index (κ1) is 28.8. The molecule has 1 aromatic heterocycles. The number of piperidine rings is 1. The molecule has 12 heteroatoms. The second-order valence-corrected chi connectivity index (χ2v) is 11.1. The minimum Gasteiger partial charge on any atom is -0.426 e. The third-order valence-corrected chi connectivity index (χ3v) is 7.99. The number of aromatic nitrogens is 2. The number of unbranched alkanes of at least 4 members (excludes halogenated alkanes) is 3. The standard InChI is InChI=1S/C24H43N5O6S/c1-5-9-15-24(14-8-4,16-10-6-2)28(17-11-7-3)34-36(31,32)35-29-20-12-13-21(22-26-25-19-33-22)27(18-20)23(29)30/h19-21H,5-18H2,1-4H3/t20-,21-/m0/s1. The molecule has 2 aliphatic heterocycles. The Morgan fingerprint density at radius 2 is 1.75 bits per heavy atom. The second-order valence-electron chi connectivity index (χ2n) is 9.98. The third-order valence-electron chi connectivity index (χ3n) is 7.29. The van der Waals surface area contributed by atoms with E-state index >= 15 is 0 Å². The molecule has 11 nitrogen and oxygen atoms in total. The fourth-order valence-corrected chi connectivity index (χ4v) is 6.28. The van der Waals surface area contributed by atoms with E-state index in [0.717, 1.165) is 69.3 Å². The Labute approximate surface area is 215 Å². The number of urea groups is 1. The van der Waals surface area contributed by atoms with E-state index in [1.165, 1.54) is 11.3 Å². The summed E-state index contributed by atoms with van der Waals surface area (Å²) >= 11 is 0. The number of fused-ring (bicyclic) bond motifs is 2. The van der Waals surface area contributed by atoms with Gasteiger partial charge in [0.15, 0.2) is 0 Å². The van der Waals surface area contributed by atoms with Crippen LogP contribution in [0.1, 0.15) is 117 Å². The zero-order chi connectivity index (χ0) is 26.2. The summed E-state index contributed by atoms with van der Waals surface area (Å²) in [5, 5.41) is 10.2. The van der Waals surface area contributed by atoms with Gasteiger partial charge in [0.25, 0.3) is 0 Å². The van der Waals surface area contributed by atoms with Gasteiger partial charge in [0.1, 0.15) is 6.04 Å². The van der Waals surface area contributed by atoms with E-state index in [2.05, 4.69) is 37.9 Å². The van der Waals surface area contributed by atoms with Crippen molar-refractivity contribution in [2.45, 2.75) is 122 Å². The summed E-state index contributed by atoms with van der Waals surface area (Å²) in [6, 6.07) is -1.32. The van der Waals surface area contributed by atoms with Crippen LogP contribution in [-0.4, -0.2) is 64.3 Å². The molecule has 36 heavy (non-hydrogen) atoms. The van der Waals surface area contributed by atoms with Crippen molar-refractivity contribution in [1.29, 1.82) is 0 Å². The molecule has 2 bridgehead atoms. The summed E-state index contributed by atoms with van der Waals surface area (Å²) in [7, 11) is -4.54. The van der Waals surface area contributed by atoms with E-state index in [1.807, 2.05) is 0 Å². The van der Waals surface area contributed by atoms with E-state index in [9.17, 15) is 13.2 Å². The highest BCUT2D eigenvalue weighted by Crippen LogP contribution is 2.39. The largest absolute Gasteiger partial charge is 0.437 e. The molecule has 2 saturated heterocycles. The van der Waals surface area contributed by atoms with Gasteiger partial charge in [-0.05, 0) is 38.5 Å². The monoisotopic (exact) mass is 529 g/mol. The topological polar surface area (TPSA) is 118 Å². The molecule has 2 fully saturated rings. The van der Waals surface area contributed by atoms with E-state index < -0.39 is 28.0 Å². The zero-order valence-electron chi connectivity index (χ0n) is 22.2. The summed E-state index contributed by atoms with van der Waals surface area (Å²) < 4.78 is 42.9. The molecule has 0 saturated carbocycles. The fraction of sp³-hybridized carbons (Fsp3) is 0.875. The number of hydroxylamine groups is 4. The molecule has 0 N–H and O–H groups in total. The number of nitrogens with zero attached hydrogens (tertiary/aromatic N) is 5. The predicted molar refractivity (Wildman–Crippen MR) is 133 cm³/mol. The molecule has 2 atom stereocenters. The maximum Gasteiger partial charge on any atom is 0.437 e. The Kier molecular flexibility index (Phi) is 10.5. The van der Waals surface area contributed by atoms with Gasteiger partial charge in [-0.25, -0.2) is 4.79 Å².